The predicted molar refractivity (Wildman–Crippen MR) is 95.4 cm³/mol. The first kappa shape index (κ1) is 13.9. The molecule has 0 radical (unpaired) electrons. The molecule has 6 heteroatoms. The molecule has 5 nitrogen and oxygen atoms in total. The number of aromatic nitrogens is 2. The number of fused-ring (bicyclic) bond motifs is 2. The molecule has 4 N–H and O–H groups in total. The van der Waals surface area contributed by atoms with Crippen molar-refractivity contribution in [3.8, 4) is 0 Å². The molecule has 4 rings (SSSR count). The number of hydrogen-bond acceptors (Lipinski definition) is 6. The van der Waals surface area contributed by atoms with Crippen LogP contribution in [0.15, 0.2) is 53.1 Å². The molecule has 2 aromatic carbocycles. The zero-order chi connectivity index (χ0) is 16.0. The summed E-state index contributed by atoms with van der Waals surface area (Å²) in [5, 5.41) is 2.74. The van der Waals surface area contributed by atoms with Gasteiger partial charge in [0, 0.05) is 5.56 Å². The summed E-state index contributed by atoms with van der Waals surface area (Å²) in [5.41, 5.74) is 13.9. The predicted octanol–water partition coefficient (Wildman–Crippen LogP) is 3.56. The van der Waals surface area contributed by atoms with E-state index in [-0.39, 0.29) is 11.2 Å². The second-order valence-corrected chi connectivity index (χ2v) is 5.83. The largest absolute Gasteiger partial charge is 0.446 e. The van der Waals surface area contributed by atoms with Crippen LogP contribution < -0.4 is 11.5 Å². The van der Waals surface area contributed by atoms with Crippen molar-refractivity contribution in [3.05, 3.63) is 59.9 Å². The molecular formula is C17H14N4OS. The average molecular weight is 322 g/mol. The first-order chi connectivity index (χ1) is 11.1. The highest BCUT2D eigenvalue weighted by Crippen LogP contribution is 2.39. The highest BCUT2D eigenvalue weighted by Gasteiger charge is 2.21. The SMILES string of the molecule is Nc1nc(N)c2c(C(S)c3cccc4ccccc34)coc2n1. The van der Waals surface area contributed by atoms with E-state index in [2.05, 4.69) is 28.2 Å². The summed E-state index contributed by atoms with van der Waals surface area (Å²) in [6.45, 7) is 0. The molecule has 2 heterocycles. The maximum atomic E-state index is 6.01. The lowest BCUT2D eigenvalue weighted by Crippen LogP contribution is -2.01. The molecule has 0 amide bonds. The number of anilines is 2. The number of nitrogens with zero attached hydrogens (tertiary/aromatic N) is 2. The molecule has 4 aromatic rings. The minimum absolute atomic E-state index is 0.0942. The maximum Gasteiger partial charge on any atom is 0.233 e. The Bertz CT molecular complexity index is 1020. The Morgan fingerprint density at radius 3 is 2.61 bits per heavy atom. The normalized spacial score (nSPS) is 12.7. The first-order valence-corrected chi connectivity index (χ1v) is 7.62. The summed E-state index contributed by atoms with van der Waals surface area (Å²) in [4.78, 5) is 8.11. The zero-order valence-electron chi connectivity index (χ0n) is 12.1. The molecule has 0 fully saturated rings. The van der Waals surface area contributed by atoms with Crippen LogP contribution in [0.4, 0.5) is 11.8 Å². The number of rotatable bonds is 2. The standard InChI is InChI=1S/C17H14N4OS/c18-15-13-12(8-22-16(13)21-17(19)20-15)14(23)11-7-3-5-9-4-1-2-6-10(9)11/h1-8,14,23H,(H4,18,19,20,21). The Morgan fingerprint density at radius 2 is 1.74 bits per heavy atom. The third kappa shape index (κ3) is 2.19. The zero-order valence-corrected chi connectivity index (χ0v) is 13.0. The van der Waals surface area contributed by atoms with Crippen molar-refractivity contribution in [3.63, 3.8) is 0 Å². The number of thiol groups is 1. The third-order valence-corrected chi connectivity index (χ3v) is 4.48. The molecule has 0 saturated carbocycles. The number of furan rings is 1. The fraction of sp³-hybridized carbons (Fsp3) is 0.0588. The molecule has 114 valence electrons. The van der Waals surface area contributed by atoms with Crippen LogP contribution in [-0.4, -0.2) is 9.97 Å². The van der Waals surface area contributed by atoms with E-state index in [4.69, 9.17) is 28.5 Å². The quantitative estimate of drug-likeness (QED) is 0.491. The number of hydrogen-bond donors (Lipinski definition) is 3. The van der Waals surface area contributed by atoms with Gasteiger partial charge in [0.1, 0.15) is 5.82 Å². The van der Waals surface area contributed by atoms with Gasteiger partial charge in [-0.1, -0.05) is 42.5 Å². The maximum absolute atomic E-state index is 6.01. The summed E-state index contributed by atoms with van der Waals surface area (Å²) in [7, 11) is 0. The van der Waals surface area contributed by atoms with Crippen LogP contribution in [-0.2, 0) is 0 Å². The highest BCUT2D eigenvalue weighted by molar-refractivity contribution is 7.80. The smallest absolute Gasteiger partial charge is 0.233 e. The van der Waals surface area contributed by atoms with E-state index in [1.807, 2.05) is 24.3 Å². The van der Waals surface area contributed by atoms with Crippen molar-refractivity contribution in [1.82, 2.24) is 9.97 Å². The molecule has 0 bridgehead atoms. The minimum atomic E-state index is -0.211. The van der Waals surface area contributed by atoms with E-state index in [0.29, 0.717) is 16.9 Å². The lowest BCUT2D eigenvalue weighted by atomic mass is 9.98. The molecule has 23 heavy (non-hydrogen) atoms. The Balaban J connectivity index is 1.94. The molecule has 0 aliphatic rings. The van der Waals surface area contributed by atoms with Gasteiger partial charge in [0.2, 0.25) is 11.7 Å². The summed E-state index contributed by atoms with van der Waals surface area (Å²) in [6, 6.07) is 14.3. The molecule has 1 atom stereocenters. The van der Waals surface area contributed by atoms with Crippen LogP contribution in [0, 0.1) is 0 Å². The van der Waals surface area contributed by atoms with E-state index < -0.39 is 0 Å². The lowest BCUT2D eigenvalue weighted by molar-refractivity contribution is 0.599. The van der Waals surface area contributed by atoms with Crippen molar-refractivity contribution < 1.29 is 4.42 Å². The van der Waals surface area contributed by atoms with E-state index >= 15 is 0 Å². The Kier molecular flexibility index (Phi) is 3.12. The van der Waals surface area contributed by atoms with Gasteiger partial charge in [0.25, 0.3) is 0 Å². The average Bonchev–Trinajstić information content (AvgIpc) is 2.97. The van der Waals surface area contributed by atoms with Crippen LogP contribution in [0.2, 0.25) is 0 Å². The second kappa shape index (κ2) is 5.17. The van der Waals surface area contributed by atoms with Gasteiger partial charge in [0.05, 0.1) is 16.9 Å². The van der Waals surface area contributed by atoms with E-state index in [1.54, 1.807) is 6.26 Å². The van der Waals surface area contributed by atoms with Crippen molar-refractivity contribution in [2.24, 2.45) is 0 Å². The van der Waals surface area contributed by atoms with Crippen LogP contribution in [0.5, 0.6) is 0 Å². The Morgan fingerprint density at radius 1 is 0.957 bits per heavy atom. The topological polar surface area (TPSA) is 91.0 Å². The molecule has 2 aromatic heterocycles. The Labute approximate surface area is 137 Å². The fourth-order valence-corrected chi connectivity index (χ4v) is 3.28. The van der Waals surface area contributed by atoms with E-state index in [9.17, 15) is 0 Å². The van der Waals surface area contributed by atoms with Crippen LogP contribution >= 0.6 is 12.6 Å². The van der Waals surface area contributed by atoms with Crippen LogP contribution in [0.3, 0.4) is 0 Å². The van der Waals surface area contributed by atoms with Crippen molar-refractivity contribution >= 4 is 46.3 Å². The summed E-state index contributed by atoms with van der Waals surface area (Å²) in [5.74, 6) is 0.396. The fourth-order valence-electron chi connectivity index (χ4n) is 2.87. The van der Waals surface area contributed by atoms with Crippen LogP contribution in [0.25, 0.3) is 21.9 Å². The number of nitrogen functional groups attached to an aromatic ring is 2. The number of nitrogens with two attached hydrogens (primary N) is 2. The van der Waals surface area contributed by atoms with Crippen molar-refractivity contribution in [2.75, 3.05) is 11.5 Å². The van der Waals surface area contributed by atoms with Gasteiger partial charge in [-0.25, -0.2) is 0 Å². The first-order valence-electron chi connectivity index (χ1n) is 7.11. The summed E-state index contributed by atoms with van der Waals surface area (Å²) in [6.07, 6.45) is 1.62. The second-order valence-electron chi connectivity index (χ2n) is 5.31. The van der Waals surface area contributed by atoms with Crippen molar-refractivity contribution in [1.29, 1.82) is 0 Å². The van der Waals surface area contributed by atoms with Gasteiger partial charge < -0.3 is 15.9 Å². The van der Waals surface area contributed by atoms with E-state index in [0.717, 1.165) is 21.9 Å². The van der Waals surface area contributed by atoms with Gasteiger partial charge in [-0.2, -0.15) is 22.6 Å². The molecule has 0 saturated heterocycles. The van der Waals surface area contributed by atoms with Gasteiger partial charge in [-0.15, -0.1) is 0 Å². The molecular weight excluding hydrogens is 308 g/mol. The molecule has 0 spiro atoms. The third-order valence-electron chi connectivity index (χ3n) is 3.92. The Hall–Kier alpha value is -2.73. The summed E-state index contributed by atoms with van der Waals surface area (Å²) >= 11 is 4.80. The lowest BCUT2D eigenvalue weighted by Gasteiger charge is -2.13. The minimum Gasteiger partial charge on any atom is -0.446 e. The van der Waals surface area contributed by atoms with Crippen molar-refractivity contribution in [2.45, 2.75) is 5.25 Å². The van der Waals surface area contributed by atoms with E-state index in [1.165, 1.54) is 0 Å². The molecule has 0 aliphatic carbocycles. The summed E-state index contributed by atoms with van der Waals surface area (Å²) < 4.78 is 5.51. The highest BCUT2D eigenvalue weighted by atomic mass is 32.1. The van der Waals surface area contributed by atoms with Gasteiger partial charge in [-0.05, 0) is 16.3 Å². The monoisotopic (exact) mass is 322 g/mol. The van der Waals surface area contributed by atoms with Gasteiger partial charge in [0.15, 0.2) is 0 Å². The molecule has 1 unspecified atom stereocenters. The van der Waals surface area contributed by atoms with Gasteiger partial charge >= 0.3 is 0 Å². The van der Waals surface area contributed by atoms with Gasteiger partial charge in [-0.3, -0.25) is 0 Å². The molecule has 0 aliphatic heterocycles. The number of benzene rings is 2. The van der Waals surface area contributed by atoms with Crippen LogP contribution in [0.1, 0.15) is 16.4 Å².